The van der Waals surface area contributed by atoms with Crippen molar-refractivity contribution in [2.75, 3.05) is 19.6 Å². The predicted molar refractivity (Wildman–Crippen MR) is 131 cm³/mol. The second-order valence-corrected chi connectivity index (χ2v) is 11.0. The molecule has 0 unspecified atom stereocenters. The zero-order chi connectivity index (χ0) is 23.8. The number of Topliss-reactive ketones (excluding diaryl/α,β-unsaturated/α-hetero) is 1. The van der Waals surface area contributed by atoms with Gasteiger partial charge < -0.3 is 15.7 Å². The number of carbonyl (C=O) groups is 1. The number of rotatable bonds is 5. The van der Waals surface area contributed by atoms with E-state index in [9.17, 15) is 9.90 Å². The number of phenols is 1. The summed E-state index contributed by atoms with van der Waals surface area (Å²) in [6.45, 7) is 13.4. The van der Waals surface area contributed by atoms with Gasteiger partial charge in [0.05, 0.1) is 6.54 Å². The lowest BCUT2D eigenvalue weighted by Gasteiger charge is -2.28. The topological polar surface area (TPSA) is 90.4 Å². The first kappa shape index (κ1) is 24.0. The van der Waals surface area contributed by atoms with Crippen LogP contribution in [0.25, 0.3) is 0 Å². The third-order valence-electron chi connectivity index (χ3n) is 6.41. The third kappa shape index (κ3) is 4.73. The van der Waals surface area contributed by atoms with E-state index in [1.807, 2.05) is 88.9 Å². The number of carbonyl (C=O) groups excluding carboxylic acids is 1. The van der Waals surface area contributed by atoms with Crippen LogP contribution in [0, 0.1) is 11.3 Å². The highest BCUT2D eigenvalue weighted by Crippen LogP contribution is 2.40. The summed E-state index contributed by atoms with van der Waals surface area (Å²) in [7, 11) is 0. The van der Waals surface area contributed by atoms with Crippen molar-refractivity contribution < 1.29 is 9.90 Å². The number of amidine groups is 1. The van der Waals surface area contributed by atoms with Gasteiger partial charge in [-0.3, -0.25) is 10.2 Å². The molecule has 0 radical (unpaired) electrons. The van der Waals surface area contributed by atoms with E-state index in [1.165, 1.54) is 0 Å². The molecule has 1 fully saturated rings. The molecule has 0 bridgehead atoms. The SMILES string of the molecule is CC(C)(C)c1cc(C(=O)CN2C[C@H](CN)[C@@H](c3ccccc3)C2=N)cc(C(C)(C)C)c1O. The molecule has 2 aromatic carbocycles. The molecule has 2 aromatic rings. The van der Waals surface area contributed by atoms with Crippen molar-refractivity contribution in [3.05, 3.63) is 64.7 Å². The third-order valence-corrected chi connectivity index (χ3v) is 6.41. The molecular formula is C27H37N3O2. The number of hydrogen-bond acceptors (Lipinski definition) is 4. The van der Waals surface area contributed by atoms with Crippen LogP contribution in [0.5, 0.6) is 5.75 Å². The minimum atomic E-state index is -0.302. The fraction of sp³-hybridized carbons (Fsp3) is 0.481. The van der Waals surface area contributed by atoms with Crippen LogP contribution >= 0.6 is 0 Å². The van der Waals surface area contributed by atoms with Gasteiger partial charge in [-0.1, -0.05) is 71.9 Å². The smallest absolute Gasteiger partial charge is 0.182 e. The number of nitrogens with one attached hydrogen (secondary N) is 1. The van der Waals surface area contributed by atoms with Gasteiger partial charge in [-0.15, -0.1) is 0 Å². The van der Waals surface area contributed by atoms with E-state index in [0.29, 0.717) is 24.5 Å². The second kappa shape index (κ2) is 8.70. The summed E-state index contributed by atoms with van der Waals surface area (Å²) >= 11 is 0. The number of nitrogens with two attached hydrogens (primary N) is 1. The van der Waals surface area contributed by atoms with E-state index < -0.39 is 0 Å². The van der Waals surface area contributed by atoms with Gasteiger partial charge in [-0.25, -0.2) is 0 Å². The maximum Gasteiger partial charge on any atom is 0.182 e. The van der Waals surface area contributed by atoms with Crippen LogP contribution in [0.4, 0.5) is 0 Å². The largest absolute Gasteiger partial charge is 0.507 e. The first-order valence-electron chi connectivity index (χ1n) is 11.3. The Bertz CT molecular complexity index is 965. The number of ketones is 1. The van der Waals surface area contributed by atoms with Gasteiger partial charge in [0.1, 0.15) is 11.6 Å². The molecule has 1 saturated heterocycles. The zero-order valence-electron chi connectivity index (χ0n) is 20.2. The Kier molecular flexibility index (Phi) is 6.52. The highest BCUT2D eigenvalue weighted by Gasteiger charge is 2.38. The van der Waals surface area contributed by atoms with Crippen LogP contribution in [-0.4, -0.2) is 41.3 Å². The van der Waals surface area contributed by atoms with E-state index in [2.05, 4.69) is 0 Å². The Hall–Kier alpha value is -2.66. The van der Waals surface area contributed by atoms with Gasteiger partial charge >= 0.3 is 0 Å². The normalized spacial score (nSPS) is 19.5. The minimum absolute atomic E-state index is 0.0461. The fourth-order valence-corrected chi connectivity index (χ4v) is 4.56. The maximum atomic E-state index is 13.4. The lowest BCUT2D eigenvalue weighted by molar-refractivity contribution is 0.0963. The Balaban J connectivity index is 1.93. The summed E-state index contributed by atoms with van der Waals surface area (Å²) in [5.41, 5.74) is 8.63. The van der Waals surface area contributed by atoms with Gasteiger partial charge in [0, 0.05) is 35.1 Å². The maximum absolute atomic E-state index is 13.4. The number of aromatic hydroxyl groups is 1. The van der Waals surface area contributed by atoms with Gasteiger partial charge in [0.2, 0.25) is 0 Å². The van der Waals surface area contributed by atoms with E-state index in [4.69, 9.17) is 11.1 Å². The van der Waals surface area contributed by atoms with Crippen molar-refractivity contribution in [1.82, 2.24) is 4.90 Å². The van der Waals surface area contributed by atoms with Crippen LogP contribution < -0.4 is 5.73 Å². The van der Waals surface area contributed by atoms with Crippen LogP contribution in [0.15, 0.2) is 42.5 Å². The first-order chi connectivity index (χ1) is 14.8. The quantitative estimate of drug-likeness (QED) is 0.587. The summed E-state index contributed by atoms with van der Waals surface area (Å²) in [5.74, 6) is 0.681. The van der Waals surface area contributed by atoms with Crippen molar-refractivity contribution in [1.29, 1.82) is 5.41 Å². The lowest BCUT2D eigenvalue weighted by atomic mass is 9.78. The van der Waals surface area contributed by atoms with Crippen LogP contribution in [0.1, 0.15) is 74.5 Å². The molecule has 32 heavy (non-hydrogen) atoms. The molecule has 0 aromatic heterocycles. The molecule has 172 valence electrons. The first-order valence-corrected chi connectivity index (χ1v) is 11.3. The molecule has 0 spiro atoms. The number of benzene rings is 2. The van der Waals surface area contributed by atoms with Crippen LogP contribution in [-0.2, 0) is 10.8 Å². The molecule has 2 atom stereocenters. The lowest BCUT2D eigenvalue weighted by Crippen LogP contribution is -2.32. The summed E-state index contributed by atoms with van der Waals surface area (Å²) in [6.07, 6.45) is 0. The number of nitrogens with zero attached hydrogens (tertiary/aromatic N) is 1. The molecule has 4 N–H and O–H groups in total. The average Bonchev–Trinajstić information content (AvgIpc) is 3.02. The molecule has 0 saturated carbocycles. The summed E-state index contributed by atoms with van der Waals surface area (Å²) in [4.78, 5) is 15.3. The van der Waals surface area contributed by atoms with E-state index in [0.717, 1.165) is 16.7 Å². The van der Waals surface area contributed by atoms with Gasteiger partial charge in [-0.2, -0.15) is 0 Å². The Morgan fingerprint density at radius 3 is 2.06 bits per heavy atom. The number of phenolic OH excluding ortho intramolecular Hbond substituents is 1. The molecule has 0 aliphatic carbocycles. The Morgan fingerprint density at radius 1 is 1.06 bits per heavy atom. The Morgan fingerprint density at radius 2 is 1.59 bits per heavy atom. The number of hydrogen-bond donors (Lipinski definition) is 3. The van der Waals surface area contributed by atoms with Crippen LogP contribution in [0.3, 0.4) is 0 Å². The van der Waals surface area contributed by atoms with Crippen LogP contribution in [0.2, 0.25) is 0 Å². The Labute approximate surface area is 192 Å². The molecular weight excluding hydrogens is 398 g/mol. The van der Waals surface area contributed by atoms with Crippen molar-refractivity contribution in [2.45, 2.75) is 58.3 Å². The standard InChI is InChI=1S/C27H37N3O2/c1-26(2,3)20-12-18(13-21(24(20)32)27(4,5)6)22(31)16-30-15-19(14-28)23(25(30)29)17-10-8-7-9-11-17/h7-13,19,23,29,32H,14-16,28H2,1-6H3/t19-,23+/m0/s1. The monoisotopic (exact) mass is 435 g/mol. The van der Waals surface area contributed by atoms with Crippen molar-refractivity contribution in [3.8, 4) is 5.75 Å². The minimum Gasteiger partial charge on any atom is -0.507 e. The average molecular weight is 436 g/mol. The molecule has 1 heterocycles. The van der Waals surface area contributed by atoms with E-state index in [-0.39, 0.29) is 40.7 Å². The molecule has 0 amide bonds. The van der Waals surface area contributed by atoms with Crippen molar-refractivity contribution >= 4 is 11.6 Å². The zero-order valence-corrected chi connectivity index (χ0v) is 20.2. The second-order valence-electron chi connectivity index (χ2n) is 11.0. The van der Waals surface area contributed by atoms with Gasteiger partial charge in [0.25, 0.3) is 0 Å². The summed E-state index contributed by atoms with van der Waals surface area (Å²) in [6, 6.07) is 13.6. The summed E-state index contributed by atoms with van der Waals surface area (Å²) in [5, 5.41) is 19.7. The van der Waals surface area contributed by atoms with E-state index >= 15 is 0 Å². The highest BCUT2D eigenvalue weighted by atomic mass is 16.3. The fourth-order valence-electron chi connectivity index (χ4n) is 4.56. The summed E-state index contributed by atoms with van der Waals surface area (Å²) < 4.78 is 0. The van der Waals surface area contributed by atoms with E-state index in [1.54, 1.807) is 0 Å². The van der Waals surface area contributed by atoms with Crippen molar-refractivity contribution in [3.63, 3.8) is 0 Å². The molecule has 5 nitrogen and oxygen atoms in total. The predicted octanol–water partition coefficient (Wildman–Crippen LogP) is 4.82. The molecule has 3 rings (SSSR count). The highest BCUT2D eigenvalue weighted by molar-refractivity contribution is 6.01. The molecule has 5 heteroatoms. The van der Waals surface area contributed by atoms with Crippen molar-refractivity contribution in [2.24, 2.45) is 11.7 Å². The van der Waals surface area contributed by atoms with Gasteiger partial charge in [-0.05, 0) is 35.1 Å². The molecule has 1 aliphatic rings. The number of likely N-dealkylation sites (tertiary alicyclic amines) is 1. The molecule has 1 aliphatic heterocycles. The van der Waals surface area contributed by atoms with Gasteiger partial charge in [0.15, 0.2) is 5.78 Å².